The van der Waals surface area contributed by atoms with Gasteiger partial charge >= 0.3 is 0 Å². The van der Waals surface area contributed by atoms with Crippen LogP contribution in [-0.2, 0) is 9.47 Å². The molecule has 3 rings (SSSR count). The molecule has 1 aliphatic carbocycles. The number of epoxide rings is 1. The van der Waals surface area contributed by atoms with E-state index in [0.29, 0.717) is 18.1 Å². The summed E-state index contributed by atoms with van der Waals surface area (Å²) in [7, 11) is 0. The molecule has 4 heteroatoms. The van der Waals surface area contributed by atoms with Crippen LogP contribution in [0.15, 0.2) is 17.4 Å². The van der Waals surface area contributed by atoms with Crippen molar-refractivity contribution in [3.63, 3.8) is 0 Å². The first-order chi connectivity index (χ1) is 9.31. The highest BCUT2D eigenvalue weighted by Crippen LogP contribution is 2.31. The van der Waals surface area contributed by atoms with Crippen molar-refractivity contribution >= 4 is 6.21 Å². The third-order valence-corrected chi connectivity index (χ3v) is 4.58. The summed E-state index contributed by atoms with van der Waals surface area (Å²) in [5, 5.41) is 4.64. The number of allylic oxidation sites excluding steroid dienone is 1. The fraction of sp³-hybridized carbons (Fsp3) is 0.800. The minimum Gasteiger partial charge on any atom is -0.375 e. The maximum absolute atomic E-state index is 6.11. The molecule has 0 radical (unpaired) electrons. The van der Waals surface area contributed by atoms with Crippen molar-refractivity contribution in [3.8, 4) is 0 Å². The Kier molecular flexibility index (Phi) is 4.01. The van der Waals surface area contributed by atoms with Crippen LogP contribution in [0.1, 0.15) is 32.6 Å². The van der Waals surface area contributed by atoms with E-state index in [1.165, 1.54) is 25.7 Å². The second kappa shape index (κ2) is 5.73. The molecular weight excluding hydrogens is 240 g/mol. The van der Waals surface area contributed by atoms with Crippen LogP contribution in [0.25, 0.3) is 0 Å². The Bertz CT molecular complexity index is 351. The van der Waals surface area contributed by atoms with Crippen LogP contribution in [0.5, 0.6) is 0 Å². The van der Waals surface area contributed by atoms with E-state index in [2.05, 4.69) is 24.3 Å². The van der Waals surface area contributed by atoms with E-state index in [1.54, 1.807) is 0 Å². The summed E-state index contributed by atoms with van der Waals surface area (Å²) in [4.78, 5) is 0. The molecular formula is C15H25N2O2+. The van der Waals surface area contributed by atoms with E-state index >= 15 is 0 Å². The fourth-order valence-corrected chi connectivity index (χ4v) is 3.24. The van der Waals surface area contributed by atoms with Gasteiger partial charge in [0.15, 0.2) is 0 Å². The monoisotopic (exact) mass is 265 g/mol. The second-order valence-corrected chi connectivity index (χ2v) is 5.96. The van der Waals surface area contributed by atoms with Gasteiger partial charge in [-0.25, -0.2) is 0 Å². The molecule has 19 heavy (non-hydrogen) atoms. The summed E-state index contributed by atoms with van der Waals surface area (Å²) in [6.07, 6.45) is 12.1. The molecule has 4 unspecified atom stereocenters. The number of ether oxygens (including phenoxy) is 2. The van der Waals surface area contributed by atoms with Crippen molar-refractivity contribution in [1.29, 1.82) is 0 Å². The molecule has 1 saturated heterocycles. The zero-order valence-electron chi connectivity index (χ0n) is 11.8. The summed E-state index contributed by atoms with van der Waals surface area (Å²) in [5.41, 5.74) is 0. The summed E-state index contributed by atoms with van der Waals surface area (Å²) >= 11 is 0. The summed E-state index contributed by atoms with van der Waals surface area (Å²) in [6.45, 7) is 6.00. The van der Waals surface area contributed by atoms with Crippen LogP contribution < -0.4 is 0 Å². The molecule has 2 heterocycles. The van der Waals surface area contributed by atoms with E-state index in [4.69, 9.17) is 9.47 Å². The molecule has 2 aliphatic heterocycles. The van der Waals surface area contributed by atoms with Gasteiger partial charge in [-0.15, -0.1) is 0 Å². The topological polar surface area (TPSA) is 34.1 Å². The molecule has 2 fully saturated rings. The van der Waals surface area contributed by atoms with Crippen LogP contribution in [0.2, 0.25) is 0 Å². The highest BCUT2D eigenvalue weighted by molar-refractivity contribution is 5.71. The molecule has 0 bridgehead atoms. The quantitative estimate of drug-likeness (QED) is 0.545. The van der Waals surface area contributed by atoms with Crippen LogP contribution in [0, 0.1) is 5.92 Å². The van der Waals surface area contributed by atoms with Gasteiger partial charge in [0.05, 0.1) is 25.5 Å². The van der Waals surface area contributed by atoms with Crippen LogP contribution in [0.3, 0.4) is 0 Å². The third kappa shape index (κ3) is 3.25. The van der Waals surface area contributed by atoms with E-state index in [-0.39, 0.29) is 0 Å². The molecule has 106 valence electrons. The first-order valence-corrected chi connectivity index (χ1v) is 7.65. The number of hydrogen-bond donors (Lipinski definition) is 0. The van der Waals surface area contributed by atoms with Gasteiger partial charge in [0, 0.05) is 12.0 Å². The fourth-order valence-electron chi connectivity index (χ4n) is 3.24. The van der Waals surface area contributed by atoms with Gasteiger partial charge in [-0.2, -0.15) is 4.59 Å². The first-order valence-electron chi connectivity index (χ1n) is 7.65. The lowest BCUT2D eigenvalue weighted by atomic mass is 9.85. The second-order valence-electron chi connectivity index (χ2n) is 5.96. The van der Waals surface area contributed by atoms with Gasteiger partial charge in [0.2, 0.25) is 0 Å². The smallest absolute Gasteiger partial charge is 0.124 e. The molecule has 4 atom stereocenters. The van der Waals surface area contributed by atoms with Crippen LogP contribution >= 0.6 is 0 Å². The average molecular weight is 265 g/mol. The molecule has 0 N–H and O–H groups in total. The lowest BCUT2D eigenvalue weighted by Gasteiger charge is -2.35. The minimum absolute atomic E-state index is 0.376. The Morgan fingerprint density at radius 1 is 1.37 bits per heavy atom. The van der Waals surface area contributed by atoms with E-state index in [9.17, 15) is 0 Å². The summed E-state index contributed by atoms with van der Waals surface area (Å²) < 4.78 is 12.1. The number of quaternary nitrogens is 1. The minimum atomic E-state index is 0.376. The van der Waals surface area contributed by atoms with Gasteiger partial charge in [-0.3, -0.25) is 0 Å². The first kappa shape index (κ1) is 13.3. The average Bonchev–Trinajstić information content (AvgIpc) is 3.16. The highest BCUT2D eigenvalue weighted by atomic mass is 16.6. The molecule has 3 aliphatic rings. The SMILES string of the molecule is CC[N+]1(CC2CCCCC2OCC2CO2)C=CC=N1. The Balaban J connectivity index is 1.59. The summed E-state index contributed by atoms with van der Waals surface area (Å²) in [5.74, 6) is 0.632. The van der Waals surface area contributed by atoms with Crippen molar-refractivity contribution in [2.24, 2.45) is 11.0 Å². The van der Waals surface area contributed by atoms with Crippen LogP contribution in [-0.4, -0.2) is 49.3 Å². The standard InChI is InChI=1S/C15H25N2O2/c1-2-17(9-5-8-16-17)10-13-6-3-4-7-15(13)19-12-14-11-18-14/h5,8-9,13-15H,2-4,6-7,10-12H2,1H3/q+1. The molecule has 4 nitrogen and oxygen atoms in total. The van der Waals surface area contributed by atoms with Crippen LogP contribution in [0.4, 0.5) is 0 Å². The predicted molar refractivity (Wildman–Crippen MR) is 74.7 cm³/mol. The maximum atomic E-state index is 6.11. The van der Waals surface area contributed by atoms with Gasteiger partial charge in [0.1, 0.15) is 25.4 Å². The van der Waals surface area contributed by atoms with Crippen molar-refractivity contribution in [2.75, 3.05) is 26.3 Å². The highest BCUT2D eigenvalue weighted by Gasteiger charge is 2.36. The van der Waals surface area contributed by atoms with Crippen molar-refractivity contribution in [2.45, 2.75) is 44.8 Å². The molecule has 0 aromatic rings. The van der Waals surface area contributed by atoms with Gasteiger partial charge in [0.25, 0.3) is 0 Å². The van der Waals surface area contributed by atoms with E-state index in [1.807, 2.05) is 6.21 Å². The van der Waals surface area contributed by atoms with Gasteiger partial charge < -0.3 is 9.47 Å². The van der Waals surface area contributed by atoms with E-state index < -0.39 is 0 Å². The molecule has 0 aromatic carbocycles. The molecule has 1 saturated carbocycles. The lowest BCUT2D eigenvalue weighted by molar-refractivity contribution is -0.886. The predicted octanol–water partition coefficient (Wildman–Crippen LogP) is 2.31. The molecule has 0 amide bonds. The zero-order valence-corrected chi connectivity index (χ0v) is 11.8. The third-order valence-electron chi connectivity index (χ3n) is 4.58. The normalized spacial score (nSPS) is 40.8. The Hall–Kier alpha value is -0.710. The van der Waals surface area contributed by atoms with Crippen molar-refractivity contribution < 1.29 is 14.1 Å². The number of hydrogen-bond acceptors (Lipinski definition) is 3. The maximum Gasteiger partial charge on any atom is 0.124 e. The summed E-state index contributed by atoms with van der Waals surface area (Å²) in [6, 6.07) is 0. The van der Waals surface area contributed by atoms with Gasteiger partial charge in [-0.1, -0.05) is 17.9 Å². The van der Waals surface area contributed by atoms with Crippen molar-refractivity contribution in [1.82, 2.24) is 0 Å². The van der Waals surface area contributed by atoms with Gasteiger partial charge in [-0.05, 0) is 19.8 Å². The Morgan fingerprint density at radius 3 is 2.89 bits per heavy atom. The largest absolute Gasteiger partial charge is 0.375 e. The number of rotatable bonds is 6. The molecule has 0 aromatic heterocycles. The lowest BCUT2D eigenvalue weighted by Crippen LogP contribution is -2.45. The Morgan fingerprint density at radius 2 is 2.21 bits per heavy atom. The number of nitrogens with zero attached hydrogens (tertiary/aromatic N) is 2. The van der Waals surface area contributed by atoms with Crippen molar-refractivity contribution in [3.05, 3.63) is 12.3 Å². The van der Waals surface area contributed by atoms with E-state index in [0.717, 1.165) is 30.9 Å². The Labute approximate surface area is 115 Å². The zero-order chi connectivity index (χ0) is 13.1. The molecule has 0 spiro atoms.